The zero-order valence-electron chi connectivity index (χ0n) is 15.1. The summed E-state index contributed by atoms with van der Waals surface area (Å²) >= 11 is 0. The number of rotatable bonds is 4. The molecule has 1 fully saturated rings. The largest absolute Gasteiger partial charge is 0.378 e. The Kier molecular flexibility index (Phi) is 4.65. The van der Waals surface area contributed by atoms with Gasteiger partial charge in [-0.25, -0.2) is 0 Å². The number of aromatic nitrogens is 2. The van der Waals surface area contributed by atoms with Crippen molar-refractivity contribution in [3.05, 3.63) is 77.0 Å². The Morgan fingerprint density at radius 3 is 2.50 bits per heavy atom. The van der Waals surface area contributed by atoms with Crippen molar-refractivity contribution in [2.75, 3.05) is 5.32 Å². The summed E-state index contributed by atoms with van der Waals surface area (Å²) in [7, 11) is 2.00. The first-order chi connectivity index (χ1) is 12.7. The van der Waals surface area contributed by atoms with Gasteiger partial charge in [0.15, 0.2) is 0 Å². The lowest BCUT2D eigenvalue weighted by Gasteiger charge is -2.29. The molecule has 0 bridgehead atoms. The third-order valence-electron chi connectivity index (χ3n) is 5.43. The van der Waals surface area contributed by atoms with Crippen molar-refractivity contribution in [3.63, 3.8) is 0 Å². The number of hydrogen-bond acceptors (Lipinski definition) is 2. The van der Waals surface area contributed by atoms with Crippen LogP contribution >= 0.6 is 0 Å². The first-order valence-electron chi connectivity index (χ1n) is 9.35. The van der Waals surface area contributed by atoms with Crippen LogP contribution in [0.2, 0.25) is 0 Å². The van der Waals surface area contributed by atoms with Gasteiger partial charge in [-0.05, 0) is 49.3 Å². The van der Waals surface area contributed by atoms with Crippen molar-refractivity contribution in [2.45, 2.75) is 37.6 Å². The summed E-state index contributed by atoms with van der Waals surface area (Å²) in [6.45, 7) is 0. The van der Waals surface area contributed by atoms with E-state index in [-0.39, 0.29) is 5.56 Å². The van der Waals surface area contributed by atoms with Crippen molar-refractivity contribution in [2.24, 2.45) is 7.05 Å². The van der Waals surface area contributed by atoms with E-state index in [4.69, 9.17) is 0 Å². The Morgan fingerprint density at radius 1 is 1.04 bits per heavy atom. The summed E-state index contributed by atoms with van der Waals surface area (Å²) in [5.41, 5.74) is 4.21. The SMILES string of the molecule is Cn1ccc(-c2c[nH]c(=O)c(NC3CCC(c4ccccc4)CC3)c2)c1. The minimum atomic E-state index is -0.0464. The van der Waals surface area contributed by atoms with Crippen LogP contribution in [0.15, 0.2) is 65.8 Å². The normalized spacial score (nSPS) is 20.0. The molecule has 0 atom stereocenters. The van der Waals surface area contributed by atoms with Crippen LogP contribution < -0.4 is 10.9 Å². The average Bonchev–Trinajstić information content (AvgIpc) is 3.11. The van der Waals surface area contributed by atoms with E-state index in [1.165, 1.54) is 5.56 Å². The molecule has 0 saturated heterocycles. The highest BCUT2D eigenvalue weighted by Crippen LogP contribution is 2.33. The van der Waals surface area contributed by atoms with Gasteiger partial charge in [-0.15, -0.1) is 0 Å². The van der Waals surface area contributed by atoms with Crippen LogP contribution in [-0.4, -0.2) is 15.6 Å². The maximum atomic E-state index is 12.2. The Bertz CT molecular complexity index is 918. The Hall–Kier alpha value is -2.75. The smallest absolute Gasteiger partial charge is 0.271 e. The third kappa shape index (κ3) is 3.59. The van der Waals surface area contributed by atoms with Crippen molar-refractivity contribution in [1.82, 2.24) is 9.55 Å². The van der Waals surface area contributed by atoms with E-state index in [1.54, 1.807) is 6.20 Å². The first kappa shape index (κ1) is 16.7. The number of aromatic amines is 1. The average molecular weight is 347 g/mol. The second kappa shape index (κ2) is 7.24. The molecule has 1 aromatic carbocycles. The minimum absolute atomic E-state index is 0.0464. The molecular weight excluding hydrogens is 322 g/mol. The van der Waals surface area contributed by atoms with Crippen LogP contribution in [0.4, 0.5) is 5.69 Å². The van der Waals surface area contributed by atoms with E-state index in [1.807, 2.05) is 23.9 Å². The van der Waals surface area contributed by atoms with Crippen LogP contribution in [-0.2, 0) is 7.05 Å². The van der Waals surface area contributed by atoms with Gasteiger partial charge in [-0.3, -0.25) is 4.79 Å². The summed E-state index contributed by atoms with van der Waals surface area (Å²) in [6, 6.07) is 15.2. The van der Waals surface area contributed by atoms with Gasteiger partial charge in [0.05, 0.1) is 0 Å². The number of benzene rings is 1. The summed E-state index contributed by atoms with van der Waals surface area (Å²) in [5, 5.41) is 3.49. The maximum Gasteiger partial charge on any atom is 0.271 e. The zero-order valence-corrected chi connectivity index (χ0v) is 15.1. The van der Waals surface area contributed by atoms with Crippen molar-refractivity contribution in [3.8, 4) is 11.1 Å². The summed E-state index contributed by atoms with van der Waals surface area (Å²) in [6.07, 6.45) is 10.4. The molecule has 1 saturated carbocycles. The van der Waals surface area contributed by atoms with E-state index in [9.17, 15) is 4.79 Å². The fraction of sp³-hybridized carbons (Fsp3) is 0.318. The molecule has 4 heteroatoms. The van der Waals surface area contributed by atoms with E-state index < -0.39 is 0 Å². The molecule has 26 heavy (non-hydrogen) atoms. The second-order valence-corrected chi connectivity index (χ2v) is 7.30. The van der Waals surface area contributed by atoms with Crippen LogP contribution in [0.5, 0.6) is 0 Å². The minimum Gasteiger partial charge on any atom is -0.378 e. The number of nitrogens with zero attached hydrogens (tertiary/aromatic N) is 1. The molecule has 0 radical (unpaired) electrons. The van der Waals surface area contributed by atoms with Gasteiger partial charge >= 0.3 is 0 Å². The van der Waals surface area contributed by atoms with Crippen LogP contribution in [0.3, 0.4) is 0 Å². The highest BCUT2D eigenvalue weighted by Gasteiger charge is 2.22. The summed E-state index contributed by atoms with van der Waals surface area (Å²) < 4.78 is 2.01. The number of pyridine rings is 1. The number of hydrogen-bond donors (Lipinski definition) is 2. The van der Waals surface area contributed by atoms with Gasteiger partial charge in [0.1, 0.15) is 5.69 Å². The number of anilines is 1. The molecule has 2 aromatic heterocycles. The van der Waals surface area contributed by atoms with E-state index >= 15 is 0 Å². The molecule has 2 heterocycles. The quantitative estimate of drug-likeness (QED) is 0.729. The van der Waals surface area contributed by atoms with Gasteiger partial charge in [-0.2, -0.15) is 0 Å². The van der Waals surface area contributed by atoms with Crippen LogP contribution in [0.25, 0.3) is 11.1 Å². The van der Waals surface area contributed by atoms with Crippen LogP contribution in [0, 0.1) is 0 Å². The number of aryl methyl sites for hydroxylation is 1. The van der Waals surface area contributed by atoms with E-state index in [0.29, 0.717) is 17.6 Å². The molecule has 0 amide bonds. The van der Waals surface area contributed by atoms with Crippen molar-refractivity contribution >= 4 is 5.69 Å². The summed E-state index contributed by atoms with van der Waals surface area (Å²) in [4.78, 5) is 15.1. The highest BCUT2D eigenvalue weighted by atomic mass is 16.1. The topological polar surface area (TPSA) is 49.8 Å². The fourth-order valence-corrected chi connectivity index (χ4v) is 3.95. The monoisotopic (exact) mass is 347 g/mol. The van der Waals surface area contributed by atoms with Gasteiger partial charge in [0, 0.05) is 42.8 Å². The highest BCUT2D eigenvalue weighted by molar-refractivity contribution is 5.66. The number of nitrogens with one attached hydrogen (secondary N) is 2. The predicted molar refractivity (Wildman–Crippen MR) is 107 cm³/mol. The molecule has 0 unspecified atom stereocenters. The molecule has 1 aliphatic carbocycles. The molecule has 4 rings (SSSR count). The zero-order chi connectivity index (χ0) is 17.9. The third-order valence-corrected chi connectivity index (χ3v) is 5.43. The van der Waals surface area contributed by atoms with E-state index in [2.05, 4.69) is 52.9 Å². The van der Waals surface area contributed by atoms with Crippen LogP contribution in [0.1, 0.15) is 37.2 Å². The lowest BCUT2D eigenvalue weighted by atomic mass is 9.82. The molecule has 1 aliphatic rings. The fourth-order valence-electron chi connectivity index (χ4n) is 3.95. The van der Waals surface area contributed by atoms with Gasteiger partial charge in [0.25, 0.3) is 5.56 Å². The number of H-pyrrole nitrogens is 1. The van der Waals surface area contributed by atoms with Gasteiger partial charge in [-0.1, -0.05) is 30.3 Å². The Morgan fingerprint density at radius 2 is 1.81 bits per heavy atom. The molecule has 3 aromatic rings. The van der Waals surface area contributed by atoms with Crippen molar-refractivity contribution in [1.29, 1.82) is 0 Å². The van der Waals surface area contributed by atoms with Gasteiger partial charge in [0.2, 0.25) is 0 Å². The standard InChI is InChI=1S/C22H25N3O/c1-25-12-11-18(15-25)19-13-21(22(26)23-14-19)24-20-9-7-17(8-10-20)16-5-3-2-4-6-16/h2-6,11-15,17,20,24H,7-10H2,1H3,(H,23,26). The lowest BCUT2D eigenvalue weighted by molar-refractivity contribution is 0.412. The molecule has 134 valence electrons. The maximum absolute atomic E-state index is 12.2. The van der Waals surface area contributed by atoms with Gasteiger partial charge < -0.3 is 14.9 Å². The predicted octanol–water partition coefficient (Wildman–Crippen LogP) is 4.52. The first-order valence-corrected chi connectivity index (χ1v) is 9.35. The molecule has 2 N–H and O–H groups in total. The Balaban J connectivity index is 1.44. The Labute approximate surface area is 153 Å². The lowest BCUT2D eigenvalue weighted by Crippen LogP contribution is -2.28. The molecule has 0 spiro atoms. The molecule has 0 aliphatic heterocycles. The molecular formula is C22H25N3O. The summed E-state index contributed by atoms with van der Waals surface area (Å²) in [5.74, 6) is 0.642. The van der Waals surface area contributed by atoms with E-state index in [0.717, 1.165) is 36.8 Å². The second-order valence-electron chi connectivity index (χ2n) is 7.30. The van der Waals surface area contributed by atoms with Crippen molar-refractivity contribution < 1.29 is 0 Å². The molecule has 4 nitrogen and oxygen atoms in total.